The first-order valence-corrected chi connectivity index (χ1v) is 9.15. The molecular weight excluding hydrogens is 377 g/mol. The molecule has 1 heterocycles. The molecule has 0 radical (unpaired) electrons. The van der Waals surface area contributed by atoms with E-state index in [4.69, 9.17) is 4.74 Å². The van der Waals surface area contributed by atoms with Gasteiger partial charge in [-0.25, -0.2) is 8.42 Å². The second kappa shape index (κ2) is 6.07. The summed E-state index contributed by atoms with van der Waals surface area (Å²) in [4.78, 5) is 0.347. The Morgan fingerprint density at radius 2 is 2.00 bits per heavy atom. The van der Waals surface area contributed by atoms with E-state index in [9.17, 15) is 8.42 Å². The molecule has 0 bridgehead atoms. The maximum Gasteiger partial charge on any atom is 0.243 e. The van der Waals surface area contributed by atoms with Crippen LogP contribution < -0.4 is 0 Å². The summed E-state index contributed by atoms with van der Waals surface area (Å²) in [5.74, 6) is 0. The molecule has 1 saturated heterocycles. The third-order valence-corrected chi connectivity index (χ3v) is 6.26. The van der Waals surface area contributed by atoms with Crippen molar-refractivity contribution >= 4 is 32.6 Å². The monoisotopic (exact) mass is 395 g/mol. The van der Waals surface area contributed by atoms with Crippen LogP contribution in [0.1, 0.15) is 12.0 Å². The summed E-state index contributed by atoms with van der Waals surface area (Å²) in [6.07, 6.45) is 0.751. The molecular formula is C13H18INO3S. The van der Waals surface area contributed by atoms with Crippen molar-refractivity contribution in [2.75, 3.05) is 18.1 Å². The molecule has 0 amide bonds. The van der Waals surface area contributed by atoms with Crippen LogP contribution in [0.3, 0.4) is 0 Å². The van der Waals surface area contributed by atoms with E-state index in [1.807, 2.05) is 19.1 Å². The first-order chi connectivity index (χ1) is 8.96. The van der Waals surface area contributed by atoms with Gasteiger partial charge in [0.2, 0.25) is 10.0 Å². The van der Waals surface area contributed by atoms with Crippen molar-refractivity contribution in [3.8, 4) is 0 Å². The molecule has 4 nitrogen and oxygen atoms in total. The normalized spacial score (nSPS) is 24.0. The van der Waals surface area contributed by atoms with Gasteiger partial charge >= 0.3 is 0 Å². The molecule has 0 aromatic heterocycles. The van der Waals surface area contributed by atoms with E-state index in [0.29, 0.717) is 11.5 Å². The molecule has 6 heteroatoms. The van der Waals surface area contributed by atoms with Gasteiger partial charge in [-0.15, -0.1) is 0 Å². The van der Waals surface area contributed by atoms with Gasteiger partial charge in [0.25, 0.3) is 0 Å². The van der Waals surface area contributed by atoms with Crippen LogP contribution in [0.25, 0.3) is 0 Å². The molecule has 2 atom stereocenters. The molecule has 0 aliphatic carbocycles. The van der Waals surface area contributed by atoms with Gasteiger partial charge in [0, 0.05) is 18.1 Å². The molecule has 1 fully saturated rings. The molecule has 19 heavy (non-hydrogen) atoms. The van der Waals surface area contributed by atoms with Crippen molar-refractivity contribution < 1.29 is 13.2 Å². The van der Waals surface area contributed by atoms with Crippen LogP contribution >= 0.6 is 22.6 Å². The standard InChI is InChI=1S/C13H18INO3S/c1-10-3-5-11(6-4-10)19(16,17)15(2)12-7-8-18-13(12)9-14/h3-6,12-13H,7-9H2,1-2H3/t12-,13+/m1/s1. The summed E-state index contributed by atoms with van der Waals surface area (Å²) in [7, 11) is -1.79. The first-order valence-electron chi connectivity index (χ1n) is 6.19. The molecule has 106 valence electrons. The third-order valence-electron chi connectivity index (χ3n) is 3.49. The fraction of sp³-hybridized carbons (Fsp3) is 0.538. The second-order valence-electron chi connectivity index (χ2n) is 4.75. The van der Waals surface area contributed by atoms with E-state index in [1.54, 1.807) is 19.2 Å². The Balaban J connectivity index is 2.26. The van der Waals surface area contributed by atoms with Crippen LogP contribution in [-0.4, -0.2) is 43.0 Å². The quantitative estimate of drug-likeness (QED) is 0.580. The van der Waals surface area contributed by atoms with Gasteiger partial charge in [0.15, 0.2) is 0 Å². The van der Waals surface area contributed by atoms with Gasteiger partial charge in [-0.1, -0.05) is 40.3 Å². The lowest BCUT2D eigenvalue weighted by Gasteiger charge is -2.27. The van der Waals surface area contributed by atoms with Crippen LogP contribution in [0.2, 0.25) is 0 Å². The van der Waals surface area contributed by atoms with Crippen LogP contribution in [-0.2, 0) is 14.8 Å². The van der Waals surface area contributed by atoms with Gasteiger partial charge in [-0.05, 0) is 25.5 Å². The van der Waals surface area contributed by atoms with E-state index in [-0.39, 0.29) is 12.1 Å². The Kier molecular flexibility index (Phi) is 4.86. The zero-order valence-electron chi connectivity index (χ0n) is 11.0. The lowest BCUT2D eigenvalue weighted by atomic mass is 10.2. The summed E-state index contributed by atoms with van der Waals surface area (Å²) >= 11 is 2.24. The second-order valence-corrected chi connectivity index (χ2v) is 7.63. The Bertz CT molecular complexity index is 529. The molecule has 1 aromatic rings. The molecule has 2 rings (SSSR count). The average molecular weight is 395 g/mol. The number of halogens is 1. The van der Waals surface area contributed by atoms with Crippen LogP contribution in [0.5, 0.6) is 0 Å². The number of aryl methyl sites for hydroxylation is 1. The predicted molar refractivity (Wildman–Crippen MR) is 83.2 cm³/mol. The largest absolute Gasteiger partial charge is 0.376 e. The van der Waals surface area contributed by atoms with Crippen molar-refractivity contribution in [2.45, 2.75) is 30.4 Å². The highest BCUT2D eigenvalue weighted by Crippen LogP contribution is 2.26. The SMILES string of the molecule is Cc1ccc(S(=O)(=O)N(C)[C@@H]2CCO[C@H]2CI)cc1. The van der Waals surface area contributed by atoms with Crippen LogP contribution in [0.15, 0.2) is 29.2 Å². The third kappa shape index (κ3) is 3.12. The van der Waals surface area contributed by atoms with Crippen LogP contribution in [0.4, 0.5) is 0 Å². The number of sulfonamides is 1. The average Bonchev–Trinajstić information content (AvgIpc) is 2.86. The summed E-state index contributed by atoms with van der Waals surface area (Å²) in [6, 6.07) is 6.90. The minimum Gasteiger partial charge on any atom is -0.376 e. The van der Waals surface area contributed by atoms with E-state index in [1.165, 1.54) is 4.31 Å². The smallest absolute Gasteiger partial charge is 0.243 e. The van der Waals surface area contributed by atoms with E-state index < -0.39 is 10.0 Å². The minimum atomic E-state index is -3.43. The van der Waals surface area contributed by atoms with Crippen molar-refractivity contribution in [3.63, 3.8) is 0 Å². The van der Waals surface area contributed by atoms with Gasteiger partial charge in [-0.2, -0.15) is 4.31 Å². The van der Waals surface area contributed by atoms with E-state index >= 15 is 0 Å². The molecule has 1 aromatic carbocycles. The van der Waals surface area contributed by atoms with Crippen molar-refractivity contribution in [1.82, 2.24) is 4.31 Å². The maximum absolute atomic E-state index is 12.6. The molecule has 0 N–H and O–H groups in total. The van der Waals surface area contributed by atoms with Gasteiger partial charge in [-0.3, -0.25) is 0 Å². The summed E-state index contributed by atoms with van der Waals surface area (Å²) < 4.78 is 33.0. The molecule has 0 unspecified atom stereocenters. The number of alkyl halides is 1. The molecule has 1 aliphatic rings. The van der Waals surface area contributed by atoms with E-state index in [0.717, 1.165) is 16.4 Å². The summed E-state index contributed by atoms with van der Waals surface area (Å²) in [5, 5.41) is 0. The van der Waals surface area contributed by atoms with Gasteiger partial charge in [0.1, 0.15) is 0 Å². The van der Waals surface area contributed by atoms with Crippen molar-refractivity contribution in [1.29, 1.82) is 0 Å². The topological polar surface area (TPSA) is 46.6 Å². The number of ether oxygens (including phenoxy) is 1. The zero-order chi connectivity index (χ0) is 14.0. The Morgan fingerprint density at radius 1 is 1.37 bits per heavy atom. The van der Waals surface area contributed by atoms with Gasteiger partial charge < -0.3 is 4.74 Å². The van der Waals surface area contributed by atoms with Crippen molar-refractivity contribution in [3.05, 3.63) is 29.8 Å². The molecule has 0 saturated carbocycles. The number of hydrogen-bond acceptors (Lipinski definition) is 3. The summed E-state index contributed by atoms with van der Waals surface area (Å²) in [5.41, 5.74) is 1.05. The number of rotatable bonds is 4. The minimum absolute atomic E-state index is 0.00850. The lowest BCUT2D eigenvalue weighted by Crippen LogP contribution is -2.42. The molecule has 0 spiro atoms. The number of nitrogens with zero attached hydrogens (tertiary/aromatic N) is 1. The summed E-state index contributed by atoms with van der Waals surface area (Å²) in [6.45, 7) is 2.57. The first kappa shape index (κ1) is 15.2. The molecule has 1 aliphatic heterocycles. The highest BCUT2D eigenvalue weighted by atomic mass is 127. The zero-order valence-corrected chi connectivity index (χ0v) is 14.0. The maximum atomic E-state index is 12.6. The number of hydrogen-bond donors (Lipinski definition) is 0. The Labute approximate surface area is 128 Å². The van der Waals surface area contributed by atoms with Crippen LogP contribution in [0, 0.1) is 6.92 Å². The number of likely N-dealkylation sites (N-methyl/N-ethyl adjacent to an activating group) is 1. The Morgan fingerprint density at radius 3 is 2.58 bits per heavy atom. The fourth-order valence-electron chi connectivity index (χ4n) is 2.26. The van der Waals surface area contributed by atoms with E-state index in [2.05, 4.69) is 22.6 Å². The van der Waals surface area contributed by atoms with Gasteiger partial charge in [0.05, 0.1) is 17.0 Å². The highest BCUT2D eigenvalue weighted by molar-refractivity contribution is 14.1. The number of benzene rings is 1. The highest BCUT2D eigenvalue weighted by Gasteiger charge is 2.36. The lowest BCUT2D eigenvalue weighted by molar-refractivity contribution is 0.108. The van der Waals surface area contributed by atoms with Crippen molar-refractivity contribution in [2.24, 2.45) is 0 Å². The predicted octanol–water partition coefficient (Wildman–Crippen LogP) is 2.21. The fourth-order valence-corrected chi connectivity index (χ4v) is 4.51. The Hall–Kier alpha value is -0.180.